The van der Waals surface area contributed by atoms with Gasteiger partial charge in [-0.15, -0.1) is 0 Å². The molecule has 2 heterocycles. The maximum Gasteiger partial charge on any atom is 0.310 e. The van der Waals surface area contributed by atoms with E-state index in [4.69, 9.17) is 9.26 Å². The molecule has 0 aliphatic carbocycles. The van der Waals surface area contributed by atoms with Gasteiger partial charge in [0.1, 0.15) is 23.9 Å². The minimum absolute atomic E-state index is 0.0836. The Kier molecular flexibility index (Phi) is 4.42. The van der Waals surface area contributed by atoms with E-state index in [9.17, 15) is 13.6 Å². The lowest BCUT2D eigenvalue weighted by Gasteiger charge is -2.02. The zero-order valence-electron chi connectivity index (χ0n) is 14.0. The Bertz CT molecular complexity index is 1120. The van der Waals surface area contributed by atoms with Gasteiger partial charge >= 0.3 is 5.97 Å². The molecule has 0 saturated carbocycles. The summed E-state index contributed by atoms with van der Waals surface area (Å²) in [7, 11) is 0. The van der Waals surface area contributed by atoms with Crippen molar-refractivity contribution in [3.8, 4) is 11.3 Å². The average Bonchev–Trinajstić information content (AvgIpc) is 3.28. The first-order valence-corrected chi connectivity index (χ1v) is 8.22. The standard InChI is InChI=1S/C20H14F2N2O3/c21-13-5-6-16(17(22)8-13)19-9-14(24-27-19)11-26-20(25)7-12-10-23-18-4-2-1-3-15(12)18/h1-6,8-10,23H,7,11H2. The Morgan fingerprint density at radius 3 is 2.85 bits per heavy atom. The van der Waals surface area contributed by atoms with E-state index >= 15 is 0 Å². The molecular weight excluding hydrogens is 354 g/mol. The molecule has 0 radical (unpaired) electrons. The molecular formula is C20H14F2N2O3. The number of carbonyl (C=O) groups excluding carboxylic acids is 1. The van der Waals surface area contributed by atoms with Gasteiger partial charge in [0.25, 0.3) is 0 Å². The van der Waals surface area contributed by atoms with Crippen LogP contribution in [0.1, 0.15) is 11.3 Å². The van der Waals surface area contributed by atoms with Crippen LogP contribution in [-0.4, -0.2) is 16.1 Å². The van der Waals surface area contributed by atoms with Crippen LogP contribution in [0.2, 0.25) is 0 Å². The first kappa shape index (κ1) is 17.0. The molecule has 0 spiro atoms. The van der Waals surface area contributed by atoms with Crippen LogP contribution in [0.3, 0.4) is 0 Å². The average molecular weight is 368 g/mol. The zero-order chi connectivity index (χ0) is 18.8. The van der Waals surface area contributed by atoms with Gasteiger partial charge in [0.05, 0.1) is 12.0 Å². The first-order chi connectivity index (χ1) is 13.1. The summed E-state index contributed by atoms with van der Waals surface area (Å²) in [5.74, 6) is -1.72. The Morgan fingerprint density at radius 2 is 2.00 bits per heavy atom. The summed E-state index contributed by atoms with van der Waals surface area (Å²) in [4.78, 5) is 15.2. The van der Waals surface area contributed by atoms with Gasteiger partial charge in [-0.1, -0.05) is 23.4 Å². The normalized spacial score (nSPS) is 11.0. The van der Waals surface area contributed by atoms with E-state index < -0.39 is 17.6 Å². The number of esters is 1. The van der Waals surface area contributed by atoms with Crippen LogP contribution in [0.5, 0.6) is 0 Å². The maximum atomic E-state index is 13.8. The number of H-pyrrole nitrogens is 1. The minimum Gasteiger partial charge on any atom is -0.459 e. The number of nitrogens with zero attached hydrogens (tertiary/aromatic N) is 1. The van der Waals surface area contributed by atoms with Crippen molar-refractivity contribution in [1.82, 2.24) is 10.1 Å². The monoisotopic (exact) mass is 368 g/mol. The Hall–Kier alpha value is -3.48. The summed E-state index contributed by atoms with van der Waals surface area (Å²) in [5, 5.41) is 4.72. The molecule has 4 rings (SSSR count). The van der Waals surface area contributed by atoms with Gasteiger partial charge in [0.15, 0.2) is 5.76 Å². The SMILES string of the molecule is O=C(Cc1c[nH]c2ccccc12)OCc1cc(-c2ccc(F)cc2F)on1. The number of rotatable bonds is 5. The first-order valence-electron chi connectivity index (χ1n) is 8.22. The quantitative estimate of drug-likeness (QED) is 0.531. The van der Waals surface area contributed by atoms with Crippen LogP contribution in [-0.2, 0) is 22.6 Å². The third-order valence-electron chi connectivity index (χ3n) is 4.15. The molecule has 2 aromatic heterocycles. The number of ether oxygens (including phenoxy) is 1. The third kappa shape index (κ3) is 3.57. The van der Waals surface area contributed by atoms with Crippen molar-refractivity contribution in [2.75, 3.05) is 0 Å². The molecule has 136 valence electrons. The summed E-state index contributed by atoms with van der Waals surface area (Å²) in [6, 6.07) is 12.3. The molecule has 2 aromatic carbocycles. The van der Waals surface area contributed by atoms with Crippen LogP contribution in [0.4, 0.5) is 8.78 Å². The van der Waals surface area contributed by atoms with Crippen LogP contribution in [0.15, 0.2) is 59.3 Å². The molecule has 1 N–H and O–H groups in total. The molecule has 0 fully saturated rings. The number of hydrogen-bond donors (Lipinski definition) is 1. The number of nitrogens with one attached hydrogen (secondary N) is 1. The highest BCUT2D eigenvalue weighted by Gasteiger charge is 2.14. The van der Waals surface area contributed by atoms with Gasteiger partial charge in [-0.2, -0.15) is 0 Å². The Balaban J connectivity index is 1.40. The van der Waals surface area contributed by atoms with Crippen molar-refractivity contribution in [3.05, 3.63) is 77.6 Å². The predicted molar refractivity (Wildman–Crippen MR) is 93.7 cm³/mol. The second-order valence-corrected chi connectivity index (χ2v) is 6.00. The fourth-order valence-corrected chi connectivity index (χ4v) is 2.83. The minimum atomic E-state index is -0.756. The van der Waals surface area contributed by atoms with E-state index in [1.54, 1.807) is 6.20 Å². The largest absolute Gasteiger partial charge is 0.459 e. The van der Waals surface area contributed by atoms with Gasteiger partial charge in [-0.05, 0) is 23.8 Å². The summed E-state index contributed by atoms with van der Waals surface area (Å²) in [5.41, 5.74) is 2.20. The molecule has 27 heavy (non-hydrogen) atoms. The van der Waals surface area contributed by atoms with E-state index in [-0.39, 0.29) is 24.4 Å². The lowest BCUT2D eigenvalue weighted by Crippen LogP contribution is -2.07. The number of aromatic nitrogens is 2. The topological polar surface area (TPSA) is 68.1 Å². The molecule has 0 saturated heterocycles. The fraction of sp³-hybridized carbons (Fsp3) is 0.100. The highest BCUT2D eigenvalue weighted by molar-refractivity contribution is 5.87. The molecule has 0 unspecified atom stereocenters. The van der Waals surface area contributed by atoms with E-state index in [2.05, 4.69) is 10.1 Å². The second kappa shape index (κ2) is 7.03. The number of para-hydroxylation sites is 1. The molecule has 0 aliphatic heterocycles. The number of aromatic amines is 1. The molecule has 7 heteroatoms. The highest BCUT2D eigenvalue weighted by atomic mass is 19.1. The van der Waals surface area contributed by atoms with Crippen molar-refractivity contribution in [2.24, 2.45) is 0 Å². The zero-order valence-corrected chi connectivity index (χ0v) is 14.0. The number of halogens is 2. The van der Waals surface area contributed by atoms with Gasteiger partial charge in [0.2, 0.25) is 0 Å². The van der Waals surface area contributed by atoms with Gasteiger partial charge in [-0.25, -0.2) is 8.78 Å². The van der Waals surface area contributed by atoms with Crippen LogP contribution in [0, 0.1) is 11.6 Å². The van der Waals surface area contributed by atoms with Crippen LogP contribution >= 0.6 is 0 Å². The molecule has 5 nitrogen and oxygen atoms in total. The van der Waals surface area contributed by atoms with Crippen LogP contribution < -0.4 is 0 Å². The maximum absolute atomic E-state index is 13.8. The Labute approximate surface area is 152 Å². The Morgan fingerprint density at radius 1 is 1.15 bits per heavy atom. The van der Waals surface area contributed by atoms with Crippen molar-refractivity contribution in [3.63, 3.8) is 0 Å². The van der Waals surface area contributed by atoms with Crippen molar-refractivity contribution in [1.29, 1.82) is 0 Å². The van der Waals surface area contributed by atoms with Gasteiger partial charge < -0.3 is 14.2 Å². The molecule has 0 amide bonds. The third-order valence-corrected chi connectivity index (χ3v) is 4.15. The van der Waals surface area contributed by atoms with E-state index in [0.29, 0.717) is 5.69 Å². The summed E-state index contributed by atoms with van der Waals surface area (Å²) < 4.78 is 37.0. The summed E-state index contributed by atoms with van der Waals surface area (Å²) in [6.07, 6.45) is 1.89. The summed E-state index contributed by atoms with van der Waals surface area (Å²) >= 11 is 0. The summed E-state index contributed by atoms with van der Waals surface area (Å²) in [6.45, 7) is -0.104. The predicted octanol–water partition coefficient (Wildman–Crippen LogP) is 4.39. The number of carbonyl (C=O) groups is 1. The molecule has 0 atom stereocenters. The van der Waals surface area contributed by atoms with Crippen molar-refractivity contribution in [2.45, 2.75) is 13.0 Å². The fourth-order valence-electron chi connectivity index (χ4n) is 2.83. The smallest absolute Gasteiger partial charge is 0.310 e. The van der Waals surface area contributed by atoms with E-state index in [1.165, 1.54) is 12.1 Å². The van der Waals surface area contributed by atoms with Gasteiger partial charge in [0, 0.05) is 29.2 Å². The molecule has 0 bridgehead atoms. The lowest BCUT2D eigenvalue weighted by atomic mass is 10.1. The lowest BCUT2D eigenvalue weighted by molar-refractivity contribution is -0.144. The van der Waals surface area contributed by atoms with Gasteiger partial charge in [-0.3, -0.25) is 4.79 Å². The van der Waals surface area contributed by atoms with Crippen LogP contribution in [0.25, 0.3) is 22.2 Å². The number of hydrogen-bond acceptors (Lipinski definition) is 4. The highest BCUT2D eigenvalue weighted by Crippen LogP contribution is 2.24. The van der Waals surface area contributed by atoms with E-state index in [1.807, 2.05) is 24.3 Å². The number of fused-ring (bicyclic) bond motifs is 1. The molecule has 4 aromatic rings. The second-order valence-electron chi connectivity index (χ2n) is 6.00. The van der Waals surface area contributed by atoms with Crippen molar-refractivity contribution >= 4 is 16.9 Å². The van der Waals surface area contributed by atoms with Crippen molar-refractivity contribution < 1.29 is 22.8 Å². The number of benzene rings is 2. The molecule has 0 aliphatic rings. The van der Waals surface area contributed by atoms with E-state index in [0.717, 1.165) is 28.6 Å².